The third kappa shape index (κ3) is 4.13. The first kappa shape index (κ1) is 20.3. The number of benzene rings is 2. The molecule has 3 amide bonds. The Labute approximate surface area is 175 Å². The first-order valence-corrected chi connectivity index (χ1v) is 10.1. The van der Waals surface area contributed by atoms with Crippen molar-refractivity contribution in [2.24, 2.45) is 0 Å². The number of fused-ring (bicyclic) bond motifs is 1. The highest BCUT2D eigenvalue weighted by Gasteiger charge is 2.33. The van der Waals surface area contributed by atoms with Gasteiger partial charge in [-0.05, 0) is 36.2 Å². The van der Waals surface area contributed by atoms with E-state index in [0.717, 1.165) is 36.7 Å². The van der Waals surface area contributed by atoms with E-state index in [0.29, 0.717) is 17.7 Å². The maximum atomic E-state index is 12.6. The topological polar surface area (TPSA) is 79.0 Å². The third-order valence-corrected chi connectivity index (χ3v) is 5.53. The summed E-state index contributed by atoms with van der Waals surface area (Å²) in [6.45, 7) is 5.90. The molecule has 4 rings (SSSR count). The second kappa shape index (κ2) is 8.38. The molecule has 1 atom stereocenters. The molecule has 0 spiro atoms. The zero-order chi connectivity index (χ0) is 21.3. The Hall–Kier alpha value is -3.03. The lowest BCUT2D eigenvalue weighted by atomic mass is 10.0. The van der Waals surface area contributed by atoms with Crippen LogP contribution in [0.4, 0.5) is 0 Å². The highest BCUT2D eigenvalue weighted by molar-refractivity contribution is 6.21. The minimum atomic E-state index is -0.380. The van der Waals surface area contributed by atoms with Crippen LogP contribution in [0.2, 0.25) is 0 Å². The van der Waals surface area contributed by atoms with Gasteiger partial charge in [-0.1, -0.05) is 24.3 Å². The van der Waals surface area contributed by atoms with Crippen LogP contribution in [-0.4, -0.2) is 60.4 Å². The van der Waals surface area contributed by atoms with Crippen molar-refractivity contribution < 1.29 is 19.1 Å². The molecular formula is C23H25N3O4. The Kier molecular flexibility index (Phi) is 5.65. The van der Waals surface area contributed by atoms with Gasteiger partial charge in [0.2, 0.25) is 0 Å². The maximum Gasteiger partial charge on any atom is 0.261 e. The molecule has 156 valence electrons. The van der Waals surface area contributed by atoms with E-state index in [4.69, 9.17) is 4.74 Å². The van der Waals surface area contributed by atoms with Gasteiger partial charge in [-0.2, -0.15) is 0 Å². The van der Waals surface area contributed by atoms with Gasteiger partial charge in [-0.25, -0.2) is 0 Å². The summed E-state index contributed by atoms with van der Waals surface area (Å²) in [6, 6.07) is 12.8. The summed E-state index contributed by atoms with van der Waals surface area (Å²) < 4.78 is 5.59. The van der Waals surface area contributed by atoms with E-state index >= 15 is 0 Å². The number of carbonyl (C=O) groups excluding carboxylic acids is 3. The largest absolute Gasteiger partial charge is 0.376 e. The van der Waals surface area contributed by atoms with Crippen LogP contribution in [0.25, 0.3) is 0 Å². The summed E-state index contributed by atoms with van der Waals surface area (Å²) in [7, 11) is 1.44. The van der Waals surface area contributed by atoms with Gasteiger partial charge in [0.05, 0.1) is 23.8 Å². The van der Waals surface area contributed by atoms with Gasteiger partial charge >= 0.3 is 0 Å². The fraction of sp³-hybridized carbons (Fsp3) is 0.348. The van der Waals surface area contributed by atoms with Crippen LogP contribution in [0.5, 0.6) is 0 Å². The van der Waals surface area contributed by atoms with Crippen molar-refractivity contribution in [2.75, 3.05) is 26.7 Å². The Morgan fingerprint density at radius 2 is 1.87 bits per heavy atom. The van der Waals surface area contributed by atoms with Crippen molar-refractivity contribution in [1.82, 2.24) is 15.1 Å². The molecular weight excluding hydrogens is 382 g/mol. The van der Waals surface area contributed by atoms with Crippen LogP contribution in [0.1, 0.15) is 49.1 Å². The first-order chi connectivity index (χ1) is 14.4. The molecule has 7 nitrogen and oxygen atoms in total. The molecule has 1 N–H and O–H groups in total. The lowest BCUT2D eigenvalue weighted by molar-refractivity contribution is -0.0212. The van der Waals surface area contributed by atoms with Gasteiger partial charge in [0.25, 0.3) is 17.7 Å². The van der Waals surface area contributed by atoms with Crippen LogP contribution in [0.15, 0.2) is 42.5 Å². The van der Waals surface area contributed by atoms with Crippen molar-refractivity contribution in [1.29, 1.82) is 0 Å². The quantitative estimate of drug-likeness (QED) is 0.768. The molecule has 2 aliphatic rings. The minimum Gasteiger partial charge on any atom is -0.376 e. The number of imide groups is 1. The highest BCUT2D eigenvalue weighted by Crippen LogP contribution is 2.22. The number of carbonyl (C=O) groups is 3. The molecule has 0 aromatic heterocycles. The molecule has 0 radical (unpaired) electrons. The van der Waals surface area contributed by atoms with Gasteiger partial charge in [-0.3, -0.25) is 24.2 Å². The Morgan fingerprint density at radius 3 is 2.67 bits per heavy atom. The number of morpholine rings is 1. The summed E-state index contributed by atoms with van der Waals surface area (Å²) >= 11 is 0. The highest BCUT2D eigenvalue weighted by atomic mass is 16.5. The summed E-state index contributed by atoms with van der Waals surface area (Å²) in [5, 5.41) is 2.90. The minimum absolute atomic E-state index is 0.246. The molecule has 0 saturated carbocycles. The Bertz CT molecular complexity index is 1000. The zero-order valence-corrected chi connectivity index (χ0v) is 17.2. The van der Waals surface area contributed by atoms with E-state index in [1.807, 2.05) is 12.1 Å². The molecule has 7 heteroatoms. The average Bonchev–Trinajstić information content (AvgIpc) is 2.96. The van der Waals surface area contributed by atoms with E-state index in [1.54, 1.807) is 6.07 Å². The standard InChI is InChI=1S/C23H25N3O4/c1-15-13-26(8-9-30-15)14-17-5-3-4-16(10-17)12-24-21(27)18-6-7-19-20(11-18)23(29)25(2)22(19)28/h3-7,10-11,15H,8-9,12-14H2,1-2H3,(H,24,27). The normalized spacial score (nSPS) is 19.1. The van der Waals surface area contributed by atoms with Crippen molar-refractivity contribution in [2.45, 2.75) is 26.1 Å². The van der Waals surface area contributed by atoms with Gasteiger partial charge < -0.3 is 10.1 Å². The molecule has 30 heavy (non-hydrogen) atoms. The second-order valence-corrected chi connectivity index (χ2v) is 7.85. The molecule has 1 unspecified atom stereocenters. The number of nitrogens with zero attached hydrogens (tertiary/aromatic N) is 2. The molecule has 2 aromatic carbocycles. The van der Waals surface area contributed by atoms with Crippen LogP contribution < -0.4 is 5.32 Å². The Balaban J connectivity index is 1.39. The van der Waals surface area contributed by atoms with Crippen LogP contribution in [0.3, 0.4) is 0 Å². The van der Waals surface area contributed by atoms with E-state index in [-0.39, 0.29) is 29.4 Å². The second-order valence-electron chi connectivity index (χ2n) is 7.85. The zero-order valence-electron chi connectivity index (χ0n) is 17.2. The van der Waals surface area contributed by atoms with E-state index in [1.165, 1.54) is 24.7 Å². The van der Waals surface area contributed by atoms with Gasteiger partial charge in [0, 0.05) is 38.8 Å². The third-order valence-electron chi connectivity index (χ3n) is 5.53. The SMILES string of the molecule is CC1CN(Cc2cccc(CNC(=O)c3ccc4c(c3)C(=O)N(C)C4=O)c2)CCO1. The fourth-order valence-electron chi connectivity index (χ4n) is 3.92. The van der Waals surface area contributed by atoms with Gasteiger partial charge in [-0.15, -0.1) is 0 Å². The van der Waals surface area contributed by atoms with Crippen molar-refractivity contribution in [3.05, 3.63) is 70.3 Å². The maximum absolute atomic E-state index is 12.6. The molecule has 1 fully saturated rings. The summed E-state index contributed by atoms with van der Waals surface area (Å²) in [4.78, 5) is 40.1. The summed E-state index contributed by atoms with van der Waals surface area (Å²) in [6.07, 6.45) is 0.246. The monoisotopic (exact) mass is 407 g/mol. The number of rotatable bonds is 5. The van der Waals surface area contributed by atoms with Gasteiger partial charge in [0.1, 0.15) is 0 Å². The fourth-order valence-corrected chi connectivity index (χ4v) is 3.92. The van der Waals surface area contributed by atoms with Crippen LogP contribution in [-0.2, 0) is 17.8 Å². The number of ether oxygens (including phenoxy) is 1. The summed E-state index contributed by atoms with van der Waals surface area (Å²) in [5.74, 6) is -0.997. The lowest BCUT2D eigenvalue weighted by Gasteiger charge is -2.31. The van der Waals surface area contributed by atoms with Crippen molar-refractivity contribution in [3.8, 4) is 0 Å². The molecule has 0 aliphatic carbocycles. The van der Waals surface area contributed by atoms with Crippen molar-refractivity contribution >= 4 is 17.7 Å². The van der Waals surface area contributed by atoms with Crippen LogP contribution in [0, 0.1) is 0 Å². The number of hydrogen-bond donors (Lipinski definition) is 1. The molecule has 0 bridgehead atoms. The Morgan fingerprint density at radius 1 is 1.10 bits per heavy atom. The first-order valence-electron chi connectivity index (χ1n) is 10.1. The molecule has 1 saturated heterocycles. The van der Waals surface area contributed by atoms with E-state index in [2.05, 4.69) is 29.3 Å². The molecule has 2 aliphatic heterocycles. The molecule has 2 aromatic rings. The predicted octanol–water partition coefficient (Wildman–Crippen LogP) is 2.06. The molecule has 2 heterocycles. The average molecular weight is 407 g/mol. The van der Waals surface area contributed by atoms with E-state index < -0.39 is 0 Å². The van der Waals surface area contributed by atoms with Crippen molar-refractivity contribution in [3.63, 3.8) is 0 Å². The van der Waals surface area contributed by atoms with Gasteiger partial charge in [0.15, 0.2) is 0 Å². The number of hydrogen-bond acceptors (Lipinski definition) is 5. The number of nitrogens with one attached hydrogen (secondary N) is 1. The van der Waals surface area contributed by atoms with Crippen LogP contribution >= 0.6 is 0 Å². The smallest absolute Gasteiger partial charge is 0.261 e. The predicted molar refractivity (Wildman–Crippen MR) is 111 cm³/mol. The lowest BCUT2D eigenvalue weighted by Crippen LogP contribution is -2.40. The summed E-state index contributed by atoms with van der Waals surface area (Å²) in [5.41, 5.74) is 3.18. The van der Waals surface area contributed by atoms with E-state index in [9.17, 15) is 14.4 Å². The number of amides is 3.